The molecule has 2 aliphatic rings. The molecule has 4 heteroatoms. The van der Waals surface area contributed by atoms with Gasteiger partial charge in [0.05, 0.1) is 5.56 Å². The Hall–Kier alpha value is -0.620. The molecule has 108 valence electrons. The molecule has 0 aromatic heterocycles. The van der Waals surface area contributed by atoms with Crippen molar-refractivity contribution in [3.63, 3.8) is 0 Å². The van der Waals surface area contributed by atoms with Gasteiger partial charge in [-0.2, -0.15) is 0 Å². The summed E-state index contributed by atoms with van der Waals surface area (Å²) in [5.74, 6) is 0.208. The number of hydrogen-bond acceptors (Lipinski definition) is 2. The molecule has 0 radical (unpaired) electrons. The van der Waals surface area contributed by atoms with Gasteiger partial charge in [-0.1, -0.05) is 12.1 Å². The van der Waals surface area contributed by atoms with Gasteiger partial charge in [0.15, 0.2) is 0 Å². The first-order valence-electron chi connectivity index (χ1n) is 7.45. The van der Waals surface area contributed by atoms with Crippen molar-refractivity contribution in [2.24, 2.45) is 5.41 Å². The highest BCUT2D eigenvalue weighted by Crippen LogP contribution is 2.36. The van der Waals surface area contributed by atoms with E-state index in [1.54, 1.807) is 0 Å². The van der Waals surface area contributed by atoms with Crippen molar-refractivity contribution in [1.82, 2.24) is 10.2 Å². The van der Waals surface area contributed by atoms with E-state index in [9.17, 15) is 4.79 Å². The molecular weight excluding hydrogens is 363 g/mol. The van der Waals surface area contributed by atoms with Crippen molar-refractivity contribution in [3.8, 4) is 0 Å². The smallest absolute Gasteiger partial charge is 0.254 e. The molecule has 1 atom stereocenters. The average Bonchev–Trinajstić information content (AvgIpc) is 2.48. The van der Waals surface area contributed by atoms with E-state index in [4.69, 9.17) is 0 Å². The number of nitrogens with one attached hydrogen (secondary N) is 1. The number of carbonyl (C=O) groups excluding carboxylic acids is 1. The van der Waals surface area contributed by atoms with Gasteiger partial charge in [0.2, 0.25) is 0 Å². The molecule has 1 aromatic carbocycles. The maximum absolute atomic E-state index is 12.7. The van der Waals surface area contributed by atoms with Crippen LogP contribution in [0.4, 0.5) is 0 Å². The first-order chi connectivity index (χ1) is 9.70. The second-order valence-corrected chi connectivity index (χ2v) is 7.25. The molecule has 3 nitrogen and oxygen atoms in total. The van der Waals surface area contributed by atoms with Gasteiger partial charge in [-0.25, -0.2) is 0 Å². The average molecular weight is 384 g/mol. The molecule has 1 unspecified atom stereocenters. The zero-order chi connectivity index (χ0) is 14.0. The first-order valence-corrected chi connectivity index (χ1v) is 8.53. The monoisotopic (exact) mass is 384 g/mol. The van der Waals surface area contributed by atoms with Gasteiger partial charge in [-0.15, -0.1) is 0 Å². The number of halogens is 1. The molecule has 20 heavy (non-hydrogen) atoms. The molecule has 0 bridgehead atoms. The summed E-state index contributed by atoms with van der Waals surface area (Å²) in [6.45, 7) is 4.03. The lowest BCUT2D eigenvalue weighted by Crippen LogP contribution is -2.52. The molecule has 0 aliphatic carbocycles. The molecule has 2 saturated heterocycles. The second-order valence-electron chi connectivity index (χ2n) is 6.09. The van der Waals surface area contributed by atoms with Crippen LogP contribution in [0.5, 0.6) is 0 Å². The summed E-state index contributed by atoms with van der Waals surface area (Å²) in [6, 6.07) is 7.90. The Bertz CT molecular complexity index is 491. The van der Waals surface area contributed by atoms with Crippen molar-refractivity contribution in [2.45, 2.75) is 25.7 Å². The third kappa shape index (κ3) is 2.86. The van der Waals surface area contributed by atoms with E-state index in [-0.39, 0.29) is 5.91 Å². The number of hydrogen-bond donors (Lipinski definition) is 1. The van der Waals surface area contributed by atoms with E-state index in [0.29, 0.717) is 5.41 Å². The standard InChI is InChI=1S/C16H21IN2O/c17-14-6-2-1-5-13(14)15(20)19-10-4-8-16(12-19)7-3-9-18-11-16/h1-2,5-6,18H,3-4,7-12H2. The van der Waals surface area contributed by atoms with Crippen LogP contribution in [0.25, 0.3) is 0 Å². The minimum atomic E-state index is 0.208. The summed E-state index contributed by atoms with van der Waals surface area (Å²) in [5, 5.41) is 3.52. The highest BCUT2D eigenvalue weighted by Gasteiger charge is 2.38. The number of piperidine rings is 2. The van der Waals surface area contributed by atoms with E-state index >= 15 is 0 Å². The summed E-state index contributed by atoms with van der Waals surface area (Å²) in [5.41, 5.74) is 1.18. The summed E-state index contributed by atoms with van der Waals surface area (Å²) in [6.07, 6.45) is 4.90. The van der Waals surface area contributed by atoms with Crippen molar-refractivity contribution in [2.75, 3.05) is 26.2 Å². The lowest BCUT2D eigenvalue weighted by Gasteiger charge is -2.45. The molecule has 1 aromatic rings. The number of carbonyl (C=O) groups is 1. The molecule has 1 amide bonds. The van der Waals surface area contributed by atoms with Crippen LogP contribution in [-0.4, -0.2) is 37.0 Å². The van der Waals surface area contributed by atoms with Gasteiger partial charge < -0.3 is 10.2 Å². The van der Waals surface area contributed by atoms with Gasteiger partial charge in [-0.3, -0.25) is 4.79 Å². The Labute approximate surface area is 134 Å². The van der Waals surface area contributed by atoms with E-state index in [1.807, 2.05) is 24.3 Å². The van der Waals surface area contributed by atoms with Crippen molar-refractivity contribution in [3.05, 3.63) is 33.4 Å². The van der Waals surface area contributed by atoms with E-state index in [0.717, 1.165) is 41.7 Å². The quantitative estimate of drug-likeness (QED) is 0.756. The first kappa shape index (κ1) is 14.3. The summed E-state index contributed by atoms with van der Waals surface area (Å²) in [4.78, 5) is 14.8. The van der Waals surface area contributed by atoms with Crippen LogP contribution in [0.3, 0.4) is 0 Å². The van der Waals surface area contributed by atoms with Gasteiger partial charge in [0, 0.05) is 28.6 Å². The van der Waals surface area contributed by atoms with Gasteiger partial charge in [0.1, 0.15) is 0 Å². The molecule has 1 spiro atoms. The molecular formula is C16H21IN2O. The lowest BCUT2D eigenvalue weighted by atomic mass is 9.74. The highest BCUT2D eigenvalue weighted by atomic mass is 127. The van der Waals surface area contributed by atoms with Gasteiger partial charge in [0.25, 0.3) is 5.91 Å². The molecule has 1 N–H and O–H groups in total. The second kappa shape index (κ2) is 6.02. The van der Waals surface area contributed by atoms with E-state index in [2.05, 4.69) is 32.8 Å². The summed E-state index contributed by atoms with van der Waals surface area (Å²) >= 11 is 2.26. The number of benzene rings is 1. The van der Waals surface area contributed by atoms with Crippen LogP contribution >= 0.6 is 22.6 Å². The summed E-state index contributed by atoms with van der Waals surface area (Å²) in [7, 11) is 0. The minimum Gasteiger partial charge on any atom is -0.338 e. The molecule has 3 rings (SSSR count). The Morgan fingerprint density at radius 1 is 1.25 bits per heavy atom. The van der Waals surface area contributed by atoms with Crippen molar-refractivity contribution < 1.29 is 4.79 Å². The Morgan fingerprint density at radius 3 is 2.80 bits per heavy atom. The largest absolute Gasteiger partial charge is 0.338 e. The van der Waals surface area contributed by atoms with Crippen LogP contribution in [-0.2, 0) is 0 Å². The number of amides is 1. The Kier molecular flexibility index (Phi) is 4.31. The van der Waals surface area contributed by atoms with Crippen molar-refractivity contribution in [1.29, 1.82) is 0 Å². The summed E-state index contributed by atoms with van der Waals surface area (Å²) < 4.78 is 1.05. The number of nitrogens with zero attached hydrogens (tertiary/aromatic N) is 1. The third-order valence-electron chi connectivity index (χ3n) is 4.61. The molecule has 2 fully saturated rings. The normalized spacial score (nSPS) is 26.8. The maximum atomic E-state index is 12.7. The van der Waals surface area contributed by atoms with Crippen LogP contribution < -0.4 is 5.32 Å². The Morgan fingerprint density at radius 2 is 2.05 bits per heavy atom. The fourth-order valence-electron chi connectivity index (χ4n) is 3.56. The van der Waals surface area contributed by atoms with Gasteiger partial charge in [-0.05, 0) is 67.0 Å². The van der Waals surface area contributed by atoms with Gasteiger partial charge >= 0.3 is 0 Å². The van der Waals surface area contributed by atoms with E-state index in [1.165, 1.54) is 19.3 Å². The predicted octanol–water partition coefficient (Wildman–Crippen LogP) is 2.90. The van der Waals surface area contributed by atoms with Crippen LogP contribution in [0.15, 0.2) is 24.3 Å². The molecule has 2 aliphatic heterocycles. The zero-order valence-electron chi connectivity index (χ0n) is 11.7. The fourth-order valence-corrected chi connectivity index (χ4v) is 4.18. The third-order valence-corrected chi connectivity index (χ3v) is 5.55. The fraction of sp³-hybridized carbons (Fsp3) is 0.562. The predicted molar refractivity (Wildman–Crippen MR) is 88.8 cm³/mol. The SMILES string of the molecule is O=C(c1ccccc1I)N1CCCC2(CCCNC2)C1. The molecule has 0 saturated carbocycles. The van der Waals surface area contributed by atoms with Crippen LogP contribution in [0.2, 0.25) is 0 Å². The maximum Gasteiger partial charge on any atom is 0.254 e. The van der Waals surface area contributed by atoms with Crippen LogP contribution in [0.1, 0.15) is 36.0 Å². The van der Waals surface area contributed by atoms with Crippen molar-refractivity contribution >= 4 is 28.5 Å². The molecule has 2 heterocycles. The minimum absolute atomic E-state index is 0.208. The van der Waals surface area contributed by atoms with Crippen LogP contribution in [0, 0.1) is 8.99 Å². The Balaban J connectivity index is 1.77. The van der Waals surface area contributed by atoms with E-state index < -0.39 is 0 Å². The number of rotatable bonds is 1. The number of likely N-dealkylation sites (tertiary alicyclic amines) is 1. The zero-order valence-corrected chi connectivity index (χ0v) is 13.9. The lowest BCUT2D eigenvalue weighted by molar-refractivity contribution is 0.0433. The topological polar surface area (TPSA) is 32.3 Å². The highest BCUT2D eigenvalue weighted by molar-refractivity contribution is 14.1.